The third kappa shape index (κ3) is 6.75. The van der Waals surface area contributed by atoms with E-state index in [1.165, 1.54) is 38.5 Å². The van der Waals surface area contributed by atoms with Gasteiger partial charge in [-0.1, -0.05) is 11.6 Å². The van der Waals surface area contributed by atoms with E-state index in [4.69, 9.17) is 25.8 Å². The minimum Gasteiger partial charge on any atom is -0.497 e. The van der Waals surface area contributed by atoms with Gasteiger partial charge < -0.3 is 19.5 Å². The molecule has 3 rings (SSSR count). The summed E-state index contributed by atoms with van der Waals surface area (Å²) in [5.74, 6) is -0.501. The molecule has 3 aromatic rings. The summed E-state index contributed by atoms with van der Waals surface area (Å²) in [6, 6.07) is 14.8. The Bertz CT molecular complexity index is 1450. The topological polar surface area (TPSA) is 141 Å². The molecule has 0 heterocycles. The van der Waals surface area contributed by atoms with Crippen molar-refractivity contribution in [3.05, 3.63) is 90.0 Å². The van der Waals surface area contributed by atoms with Gasteiger partial charge in [0.1, 0.15) is 17.4 Å². The molecular weight excluding hydrogens is 617 g/mol. The summed E-state index contributed by atoms with van der Waals surface area (Å²) in [6.45, 7) is 0. The van der Waals surface area contributed by atoms with Crippen LogP contribution in [-0.4, -0.2) is 31.0 Å². The summed E-state index contributed by atoms with van der Waals surface area (Å²) in [5, 5.41) is 23.0. The third-order valence-corrected chi connectivity index (χ3v) is 5.99. The second-order valence-electron chi connectivity index (χ2n) is 7.20. The first kappa shape index (κ1) is 27.4. The van der Waals surface area contributed by atoms with Crippen molar-refractivity contribution in [1.29, 1.82) is 5.26 Å². The highest BCUT2D eigenvalue weighted by Crippen LogP contribution is 2.35. The Balaban J connectivity index is 1.86. The van der Waals surface area contributed by atoms with Crippen molar-refractivity contribution in [2.45, 2.75) is 0 Å². The number of hydrogen-bond acceptors (Lipinski definition) is 8. The third-order valence-electron chi connectivity index (χ3n) is 4.86. The second kappa shape index (κ2) is 12.2. The normalized spacial score (nSPS) is 10.7. The van der Waals surface area contributed by atoms with E-state index in [2.05, 4.69) is 5.32 Å². The summed E-state index contributed by atoms with van der Waals surface area (Å²) in [6.07, 6.45) is 1.29. The lowest BCUT2D eigenvalue weighted by Crippen LogP contribution is -2.14. The first-order valence-electron chi connectivity index (χ1n) is 10.3. The van der Waals surface area contributed by atoms with Crippen LogP contribution in [0.5, 0.6) is 17.2 Å². The van der Waals surface area contributed by atoms with Crippen LogP contribution in [0.1, 0.15) is 15.9 Å². The van der Waals surface area contributed by atoms with Crippen LogP contribution in [0.4, 0.5) is 11.4 Å². The number of halogens is 2. The standard InChI is InChI=1S/C25H17ClIN3O7/c1-35-18-6-3-15(4-7-18)25(32)37-23-20(27)10-14(11-22(23)36-2)9-16(13-28)24(31)29-21-12-17(30(33)34)5-8-19(21)26/h3-12H,1-2H3,(H,29,31)/b16-9+. The lowest BCUT2D eigenvalue weighted by molar-refractivity contribution is -0.384. The summed E-state index contributed by atoms with van der Waals surface area (Å²) < 4.78 is 16.5. The van der Waals surface area contributed by atoms with Crippen LogP contribution in [-0.2, 0) is 4.79 Å². The quantitative estimate of drug-likeness (QED) is 0.0640. The van der Waals surface area contributed by atoms with Crippen LogP contribution in [0.3, 0.4) is 0 Å². The molecule has 10 nitrogen and oxygen atoms in total. The van der Waals surface area contributed by atoms with E-state index in [9.17, 15) is 25.0 Å². The summed E-state index contributed by atoms with van der Waals surface area (Å²) in [7, 11) is 2.90. The molecule has 0 saturated heterocycles. The van der Waals surface area contributed by atoms with Gasteiger partial charge in [-0.2, -0.15) is 5.26 Å². The van der Waals surface area contributed by atoms with Crippen LogP contribution < -0.4 is 19.5 Å². The maximum atomic E-state index is 12.7. The fourth-order valence-electron chi connectivity index (χ4n) is 3.03. The van der Waals surface area contributed by atoms with E-state index in [0.29, 0.717) is 20.4 Å². The molecule has 0 aromatic heterocycles. The zero-order valence-corrected chi connectivity index (χ0v) is 22.2. The van der Waals surface area contributed by atoms with Crippen LogP contribution in [0.15, 0.2) is 60.2 Å². The number of anilines is 1. The lowest BCUT2D eigenvalue weighted by atomic mass is 10.1. The molecule has 0 atom stereocenters. The molecule has 12 heteroatoms. The van der Waals surface area contributed by atoms with Crippen molar-refractivity contribution < 1.29 is 28.7 Å². The van der Waals surface area contributed by atoms with Gasteiger partial charge in [-0.3, -0.25) is 14.9 Å². The number of rotatable bonds is 8. The Labute approximate surface area is 229 Å². The number of carbonyl (C=O) groups excluding carboxylic acids is 2. The van der Waals surface area contributed by atoms with Crippen molar-refractivity contribution in [2.24, 2.45) is 0 Å². The Kier molecular flexibility index (Phi) is 9.05. The largest absolute Gasteiger partial charge is 0.497 e. The first-order valence-corrected chi connectivity index (χ1v) is 11.7. The monoisotopic (exact) mass is 633 g/mol. The maximum Gasteiger partial charge on any atom is 0.343 e. The number of non-ortho nitro benzene ring substituents is 1. The molecule has 0 saturated carbocycles. The molecule has 0 unspecified atom stereocenters. The van der Waals surface area contributed by atoms with Gasteiger partial charge in [0, 0.05) is 12.1 Å². The molecule has 0 spiro atoms. The van der Waals surface area contributed by atoms with Gasteiger partial charge in [-0.15, -0.1) is 0 Å². The number of amides is 1. The van der Waals surface area contributed by atoms with Crippen molar-refractivity contribution in [1.82, 2.24) is 0 Å². The molecule has 188 valence electrons. The van der Waals surface area contributed by atoms with Crippen molar-refractivity contribution >= 4 is 63.5 Å². The van der Waals surface area contributed by atoms with Crippen LogP contribution in [0, 0.1) is 25.0 Å². The SMILES string of the molecule is COc1ccc(C(=O)Oc2c(I)cc(/C=C(\C#N)C(=O)Nc3cc([N+](=O)[O-])ccc3Cl)cc2OC)cc1. The zero-order chi connectivity index (χ0) is 27.1. The first-order chi connectivity index (χ1) is 17.7. The number of nitro benzene ring substituents is 1. The summed E-state index contributed by atoms with van der Waals surface area (Å²) >= 11 is 7.96. The van der Waals surface area contributed by atoms with Gasteiger partial charge in [0.2, 0.25) is 0 Å². The molecule has 37 heavy (non-hydrogen) atoms. The minimum absolute atomic E-state index is 0.0185. The van der Waals surface area contributed by atoms with Gasteiger partial charge in [0.15, 0.2) is 11.5 Å². The number of nitrogens with one attached hydrogen (secondary N) is 1. The van der Waals surface area contributed by atoms with Gasteiger partial charge in [-0.05, 0) is 76.7 Å². The number of nitro groups is 1. The van der Waals surface area contributed by atoms with E-state index in [1.807, 2.05) is 22.6 Å². The zero-order valence-electron chi connectivity index (χ0n) is 19.3. The molecule has 0 aliphatic carbocycles. The Hall–Kier alpha value is -4.15. The molecule has 3 aromatic carbocycles. The molecule has 1 amide bonds. The highest BCUT2D eigenvalue weighted by molar-refractivity contribution is 14.1. The molecule has 0 radical (unpaired) electrons. The van der Waals surface area contributed by atoms with Crippen LogP contribution >= 0.6 is 34.2 Å². The fourth-order valence-corrected chi connectivity index (χ4v) is 3.93. The Morgan fingerprint density at radius 3 is 2.41 bits per heavy atom. The fraction of sp³-hybridized carbons (Fsp3) is 0.0800. The predicted molar refractivity (Wildman–Crippen MR) is 144 cm³/mol. The number of nitrogens with zero attached hydrogens (tertiary/aromatic N) is 2. The molecule has 0 aliphatic heterocycles. The molecule has 0 fully saturated rings. The van der Waals surface area contributed by atoms with Gasteiger partial charge in [0.25, 0.3) is 11.6 Å². The second-order valence-corrected chi connectivity index (χ2v) is 8.77. The number of carbonyl (C=O) groups is 2. The average Bonchev–Trinajstić information content (AvgIpc) is 2.89. The lowest BCUT2D eigenvalue weighted by Gasteiger charge is -2.13. The number of benzene rings is 3. The van der Waals surface area contributed by atoms with Gasteiger partial charge >= 0.3 is 5.97 Å². The Morgan fingerprint density at radius 2 is 1.81 bits per heavy atom. The Morgan fingerprint density at radius 1 is 1.11 bits per heavy atom. The highest BCUT2D eigenvalue weighted by Gasteiger charge is 2.19. The highest BCUT2D eigenvalue weighted by atomic mass is 127. The number of methoxy groups -OCH3 is 2. The van der Waals surface area contributed by atoms with Crippen LogP contribution in [0.25, 0.3) is 6.08 Å². The average molecular weight is 634 g/mol. The van der Waals surface area contributed by atoms with Gasteiger partial charge in [0.05, 0.1) is 39.0 Å². The van der Waals surface area contributed by atoms with Crippen molar-refractivity contribution in [2.75, 3.05) is 19.5 Å². The van der Waals surface area contributed by atoms with Crippen LogP contribution in [0.2, 0.25) is 5.02 Å². The number of hydrogen-bond donors (Lipinski definition) is 1. The number of ether oxygens (including phenoxy) is 3. The minimum atomic E-state index is -0.825. The number of nitriles is 1. The molecular formula is C25H17ClIN3O7. The maximum absolute atomic E-state index is 12.7. The molecule has 1 N–H and O–H groups in total. The summed E-state index contributed by atoms with van der Waals surface area (Å²) in [4.78, 5) is 35.7. The van der Waals surface area contributed by atoms with E-state index >= 15 is 0 Å². The molecule has 0 aliphatic rings. The van der Waals surface area contributed by atoms with E-state index in [-0.39, 0.29) is 33.5 Å². The van der Waals surface area contributed by atoms with Gasteiger partial charge in [-0.25, -0.2) is 4.79 Å². The number of esters is 1. The summed E-state index contributed by atoms with van der Waals surface area (Å²) in [5.41, 5.74) is 0.104. The van der Waals surface area contributed by atoms with E-state index < -0.39 is 16.8 Å². The predicted octanol–water partition coefficient (Wildman–Crippen LogP) is 5.63. The smallest absolute Gasteiger partial charge is 0.343 e. The molecule has 0 bridgehead atoms. The van der Waals surface area contributed by atoms with Crippen molar-refractivity contribution in [3.63, 3.8) is 0 Å². The van der Waals surface area contributed by atoms with E-state index in [1.54, 1.807) is 36.4 Å². The van der Waals surface area contributed by atoms with Crippen molar-refractivity contribution in [3.8, 4) is 23.3 Å². The van der Waals surface area contributed by atoms with E-state index in [0.717, 1.165) is 6.07 Å².